The van der Waals surface area contributed by atoms with Crippen LogP contribution in [-0.2, 0) is 10.9 Å². The Morgan fingerprint density at radius 3 is 0.808 bits per heavy atom. The summed E-state index contributed by atoms with van der Waals surface area (Å²) in [4.78, 5) is 0. The van der Waals surface area contributed by atoms with Gasteiger partial charge in [-0.2, -0.15) is 0 Å². The van der Waals surface area contributed by atoms with Gasteiger partial charge in [-0.15, -0.1) is 0 Å². The Labute approximate surface area is 174 Å². The standard InChI is InChI=1S/C14H34N8.3ClH.Co/c15-13-7-17-1-2-18-8-14(16,11-21-5-3-19-9-13)12-22-6-4-20-10-13;;;;/h17-22H,1-12,15-16H2;3*1H;/q;;;;+3/p-3. The summed E-state index contributed by atoms with van der Waals surface area (Å²) in [5.41, 5.74) is 12.6. The zero-order valence-electron chi connectivity index (χ0n) is 15.1. The summed E-state index contributed by atoms with van der Waals surface area (Å²) >= 11 is 0. The molecule has 0 aliphatic carbocycles. The first-order chi connectivity index (χ1) is 12.4. The van der Waals surface area contributed by atoms with Crippen molar-refractivity contribution in [1.29, 1.82) is 0 Å². The quantitative estimate of drug-likeness (QED) is 0.201. The van der Waals surface area contributed by atoms with Crippen molar-refractivity contribution < 1.29 is 10.9 Å². The van der Waals surface area contributed by atoms with Gasteiger partial charge in [0.15, 0.2) is 0 Å². The van der Waals surface area contributed by atoms with Crippen molar-refractivity contribution in [3.63, 3.8) is 0 Å². The predicted octanol–water partition coefficient (Wildman–Crippen LogP) is -1.99. The molecule has 0 saturated carbocycles. The van der Waals surface area contributed by atoms with Crippen molar-refractivity contribution >= 4 is 30.4 Å². The van der Waals surface area contributed by atoms with Gasteiger partial charge in [0, 0.05) is 78.5 Å². The van der Waals surface area contributed by atoms with Crippen LogP contribution in [0.25, 0.3) is 0 Å². The molecule has 0 amide bonds. The Kier molecular flexibility index (Phi) is 13.6. The fraction of sp³-hybridized carbons (Fsp3) is 1.00. The maximum atomic E-state index is 6.55. The first-order valence-electron chi connectivity index (χ1n) is 8.82. The minimum absolute atomic E-state index is 0.272. The molecule has 0 radical (unpaired) electrons. The van der Waals surface area contributed by atoms with Crippen LogP contribution >= 0.6 is 30.4 Å². The number of fused-ring (bicyclic) bond motifs is 15. The number of rotatable bonds is 0. The summed E-state index contributed by atoms with van der Waals surface area (Å²) in [5, 5.41) is 20.8. The van der Waals surface area contributed by atoms with E-state index in [0.29, 0.717) is 0 Å². The van der Waals surface area contributed by atoms with Crippen molar-refractivity contribution in [1.82, 2.24) is 31.9 Å². The van der Waals surface area contributed by atoms with Gasteiger partial charge in [-0.05, 0) is 0 Å². The molecule has 0 spiro atoms. The van der Waals surface area contributed by atoms with E-state index in [1.807, 2.05) is 0 Å². The molecule has 26 heavy (non-hydrogen) atoms. The van der Waals surface area contributed by atoms with Gasteiger partial charge < -0.3 is 43.4 Å². The van der Waals surface area contributed by atoms with Gasteiger partial charge in [-0.1, -0.05) is 0 Å². The summed E-state index contributed by atoms with van der Waals surface area (Å²) < 4.78 is 0. The van der Waals surface area contributed by atoms with Gasteiger partial charge in [0.05, 0.1) is 11.1 Å². The molecule has 0 aromatic heterocycles. The van der Waals surface area contributed by atoms with E-state index in [1.54, 1.807) is 0 Å². The number of halogens is 3. The van der Waals surface area contributed by atoms with Crippen LogP contribution < -0.4 is 43.4 Å². The molecule has 8 nitrogen and oxygen atoms in total. The Hall–Kier alpha value is 1.06. The number of hydrogen-bond donors (Lipinski definition) is 8. The van der Waals surface area contributed by atoms with Gasteiger partial charge in [0.1, 0.15) is 0 Å². The van der Waals surface area contributed by atoms with Crippen LogP contribution in [0.1, 0.15) is 0 Å². The first-order valence-corrected chi connectivity index (χ1v) is 13.1. The summed E-state index contributed by atoms with van der Waals surface area (Å²) in [6.45, 7) is 10.2. The van der Waals surface area contributed by atoms with Gasteiger partial charge in [-0.25, -0.2) is 0 Å². The van der Waals surface area contributed by atoms with Gasteiger partial charge in [-0.3, -0.25) is 0 Å². The molecule has 0 unspecified atom stereocenters. The molecule has 3 fully saturated rings. The Bertz CT molecular complexity index is 291. The molecule has 12 heteroatoms. The Morgan fingerprint density at radius 1 is 0.500 bits per heavy atom. The Morgan fingerprint density at radius 2 is 0.654 bits per heavy atom. The molecule has 0 aromatic rings. The second kappa shape index (κ2) is 14.1. The normalized spacial score (nSPS) is 33.3. The third-order valence-electron chi connectivity index (χ3n) is 4.30. The first kappa shape index (κ1) is 25.1. The van der Waals surface area contributed by atoms with Crippen LogP contribution in [0.5, 0.6) is 0 Å². The molecule has 3 rings (SSSR count). The molecule has 3 aliphatic rings. The fourth-order valence-corrected chi connectivity index (χ4v) is 2.93. The second-order valence-electron chi connectivity index (χ2n) is 6.93. The van der Waals surface area contributed by atoms with Crippen molar-refractivity contribution in [2.24, 2.45) is 11.5 Å². The van der Waals surface area contributed by atoms with Gasteiger partial charge in [0.2, 0.25) is 0 Å². The van der Waals surface area contributed by atoms with Crippen molar-refractivity contribution in [3.8, 4) is 0 Å². The van der Waals surface area contributed by atoms with E-state index in [1.165, 1.54) is 0 Å². The topological polar surface area (TPSA) is 124 Å². The summed E-state index contributed by atoms with van der Waals surface area (Å²) in [6.07, 6.45) is 0. The zero-order valence-corrected chi connectivity index (χ0v) is 18.4. The van der Waals surface area contributed by atoms with Crippen LogP contribution in [0.3, 0.4) is 0 Å². The summed E-state index contributed by atoms with van der Waals surface area (Å²) in [7, 11) is 13.4. The number of nitrogens with one attached hydrogen (secondary N) is 6. The average molecular weight is 480 g/mol. The van der Waals surface area contributed by atoms with Gasteiger partial charge >= 0.3 is 41.4 Å². The molecule has 0 atom stereocenters. The molecule has 2 bridgehead atoms. The third kappa shape index (κ3) is 12.5. The molecular formula is C14H34Cl3CoN8. The molecule has 10 N–H and O–H groups in total. The average Bonchev–Trinajstić information content (AvgIpc) is 2.56. The monoisotopic (exact) mass is 478 g/mol. The van der Waals surface area contributed by atoms with Crippen LogP contribution in [0, 0.1) is 0 Å². The second-order valence-corrected chi connectivity index (χ2v) is 12.1. The van der Waals surface area contributed by atoms with Crippen molar-refractivity contribution in [2.45, 2.75) is 11.1 Å². The summed E-state index contributed by atoms with van der Waals surface area (Å²) in [5.74, 6) is 0. The maximum absolute atomic E-state index is 6.55. The van der Waals surface area contributed by atoms with E-state index < -0.39 is 10.9 Å². The van der Waals surface area contributed by atoms with Crippen LogP contribution in [0.15, 0.2) is 0 Å². The Balaban J connectivity index is 0.000000765. The molecule has 160 valence electrons. The molecular weight excluding hydrogens is 446 g/mol. The van der Waals surface area contributed by atoms with Crippen LogP contribution in [-0.4, -0.2) is 89.6 Å². The van der Waals surface area contributed by atoms with Crippen molar-refractivity contribution in [3.05, 3.63) is 0 Å². The van der Waals surface area contributed by atoms with E-state index in [0.717, 1.165) is 78.5 Å². The zero-order chi connectivity index (χ0) is 19.3. The SMILES string of the molecule is NC12CNCCNCC(N)(CNCCNC1)CNCCNC2.[Cl][Co]([Cl])[Cl]. The number of nitrogens with two attached hydrogens (primary N) is 2. The van der Waals surface area contributed by atoms with E-state index >= 15 is 0 Å². The van der Waals surface area contributed by atoms with Crippen molar-refractivity contribution in [2.75, 3.05) is 78.5 Å². The molecule has 3 aliphatic heterocycles. The molecule has 3 saturated heterocycles. The molecule has 3 heterocycles. The van der Waals surface area contributed by atoms with E-state index in [9.17, 15) is 0 Å². The van der Waals surface area contributed by atoms with E-state index in [2.05, 4.69) is 31.9 Å². The fourth-order valence-electron chi connectivity index (χ4n) is 2.93. The van der Waals surface area contributed by atoms with Gasteiger partial charge in [0.25, 0.3) is 0 Å². The van der Waals surface area contributed by atoms with Crippen LogP contribution in [0.4, 0.5) is 0 Å². The molecule has 0 aromatic carbocycles. The number of hydrogen-bond acceptors (Lipinski definition) is 8. The van der Waals surface area contributed by atoms with E-state index in [-0.39, 0.29) is 11.1 Å². The predicted molar refractivity (Wildman–Crippen MR) is 109 cm³/mol. The van der Waals surface area contributed by atoms with Crippen LogP contribution in [0.2, 0.25) is 0 Å². The summed E-state index contributed by atoms with van der Waals surface area (Å²) in [6, 6.07) is 0. The van der Waals surface area contributed by atoms with E-state index in [4.69, 9.17) is 41.9 Å². The minimum atomic E-state index is -1.19. The third-order valence-corrected chi connectivity index (χ3v) is 4.30.